The van der Waals surface area contributed by atoms with Gasteiger partial charge in [0.25, 0.3) is 0 Å². The van der Waals surface area contributed by atoms with Gasteiger partial charge in [-0.1, -0.05) is 115 Å². The molecule has 17 heteroatoms. The highest BCUT2D eigenvalue weighted by atomic mass is 35.5. The number of halogens is 3. The maximum absolute atomic E-state index is 12.6. The topological polar surface area (TPSA) is 235 Å². The summed E-state index contributed by atoms with van der Waals surface area (Å²) in [4.78, 5) is 55.3. The van der Waals surface area contributed by atoms with Crippen molar-refractivity contribution in [2.45, 2.75) is 102 Å². The first-order valence-corrected chi connectivity index (χ1v) is 23.1. The highest BCUT2D eigenvalue weighted by Crippen LogP contribution is 2.25. The van der Waals surface area contributed by atoms with Crippen LogP contribution in [0.5, 0.6) is 0 Å². The van der Waals surface area contributed by atoms with E-state index in [9.17, 15) is 37.5 Å². The van der Waals surface area contributed by atoms with Crippen LogP contribution in [0.4, 0.5) is 0 Å². The first-order valence-electron chi connectivity index (χ1n) is 20.5. The average molecular weight is 939 g/mol. The van der Waals surface area contributed by atoms with Gasteiger partial charge in [-0.05, 0) is 118 Å². The van der Waals surface area contributed by atoms with Crippen LogP contribution in [0.25, 0.3) is 6.08 Å². The summed E-state index contributed by atoms with van der Waals surface area (Å²) in [6.07, 6.45) is 13.0. The maximum atomic E-state index is 12.6. The lowest BCUT2D eigenvalue weighted by atomic mass is 9.84. The summed E-state index contributed by atoms with van der Waals surface area (Å²) in [6, 6.07) is 22.3. The third-order valence-corrected chi connectivity index (χ3v) is 13.4. The van der Waals surface area contributed by atoms with Gasteiger partial charge in [-0.25, -0.2) is 12.7 Å². The Morgan fingerprint density at radius 3 is 1.58 bits per heavy atom. The van der Waals surface area contributed by atoms with E-state index in [2.05, 4.69) is 0 Å². The van der Waals surface area contributed by atoms with Gasteiger partial charge in [0, 0.05) is 28.2 Å². The second-order valence-electron chi connectivity index (χ2n) is 15.2. The second kappa shape index (κ2) is 27.6. The van der Waals surface area contributed by atoms with Gasteiger partial charge in [0.2, 0.25) is 21.8 Å². The fraction of sp³-hybridized carbons (Fsp3) is 0.444. The standard InChI is InChI=1S/C18H26ClNO4S.C15H20ClNO3.C12H12ClNO3/c19-16-11-9-15(10-12-16)7-3-1-4-8-17(18(21)22)25(23,24)20-13-5-2-6-14-20;1-15(13(17)18,14(19)20)10-4-2-3-5-11-6-8-12(16)9-7-11;13-9-6-4-8(5-7-9)2-1-3-10(11(14)15)12(16)17/h9-12,17H,1-8,13-14H2,(H,21,22);6-9H,2-5,10H2,1H3,(H2,17,18)(H,19,20);1-2,4-7,10H,3H2,(H2,14,15)(H,16,17). The summed E-state index contributed by atoms with van der Waals surface area (Å²) < 4.78 is 26.5. The van der Waals surface area contributed by atoms with Gasteiger partial charge >= 0.3 is 17.9 Å². The minimum atomic E-state index is -3.75. The number of hydrogen-bond acceptors (Lipinski definition) is 7. The lowest BCUT2D eigenvalue weighted by Crippen LogP contribution is -2.44. The molecule has 0 aliphatic carbocycles. The molecule has 0 radical (unpaired) electrons. The van der Waals surface area contributed by atoms with E-state index in [-0.39, 0.29) is 19.3 Å². The van der Waals surface area contributed by atoms with Crippen molar-refractivity contribution in [2.75, 3.05) is 13.1 Å². The summed E-state index contributed by atoms with van der Waals surface area (Å²) in [5.41, 5.74) is 11.9. The number of hydrogen-bond donors (Lipinski definition) is 5. The first-order chi connectivity index (χ1) is 29.3. The zero-order chi connectivity index (χ0) is 46.3. The highest BCUT2D eigenvalue weighted by molar-refractivity contribution is 7.90. The summed E-state index contributed by atoms with van der Waals surface area (Å²) >= 11 is 17.4. The molecule has 1 aliphatic rings. The van der Waals surface area contributed by atoms with Crippen molar-refractivity contribution in [1.82, 2.24) is 4.31 Å². The molecule has 3 unspecified atom stereocenters. The summed E-state index contributed by atoms with van der Waals surface area (Å²) in [6.45, 7) is 2.28. The van der Waals surface area contributed by atoms with Crippen LogP contribution in [0.3, 0.4) is 0 Å². The number of carboxylic acids is 3. The minimum Gasteiger partial charge on any atom is -0.481 e. The molecular formula is C45H58Cl3N3O10S. The first kappa shape index (κ1) is 53.7. The van der Waals surface area contributed by atoms with Crippen LogP contribution < -0.4 is 11.5 Å². The molecule has 7 N–H and O–H groups in total. The van der Waals surface area contributed by atoms with Crippen LogP contribution in [-0.4, -0.2) is 76.1 Å². The van der Waals surface area contributed by atoms with E-state index in [1.807, 2.05) is 48.5 Å². The van der Waals surface area contributed by atoms with Gasteiger partial charge in [-0.3, -0.25) is 24.0 Å². The Balaban J connectivity index is 0.000000327. The summed E-state index contributed by atoms with van der Waals surface area (Å²) in [7, 11) is -3.75. The summed E-state index contributed by atoms with van der Waals surface area (Å²) in [5.74, 6) is -6.39. The smallest absolute Gasteiger partial charge is 0.323 e. The van der Waals surface area contributed by atoms with E-state index in [0.29, 0.717) is 41.0 Å². The number of sulfonamides is 1. The fourth-order valence-electron chi connectivity index (χ4n) is 6.41. The fourth-order valence-corrected chi connectivity index (χ4v) is 8.63. The van der Waals surface area contributed by atoms with Crippen LogP contribution >= 0.6 is 34.8 Å². The Bertz CT molecular complexity index is 2000. The zero-order valence-electron chi connectivity index (χ0n) is 34.9. The monoisotopic (exact) mass is 937 g/mol. The maximum Gasteiger partial charge on any atom is 0.323 e. The van der Waals surface area contributed by atoms with Gasteiger partial charge < -0.3 is 26.8 Å². The number of nitrogens with zero attached hydrogens (tertiary/aromatic N) is 1. The molecular weight excluding hydrogens is 881 g/mol. The number of carbonyl (C=O) groups excluding carboxylic acids is 2. The van der Waals surface area contributed by atoms with Gasteiger partial charge in [-0.15, -0.1) is 0 Å². The Morgan fingerprint density at radius 2 is 1.16 bits per heavy atom. The van der Waals surface area contributed by atoms with Crippen molar-refractivity contribution >= 4 is 80.6 Å². The largest absolute Gasteiger partial charge is 0.481 e. The number of carboxylic acid groups (broad SMARTS) is 3. The van der Waals surface area contributed by atoms with Gasteiger partial charge in [0.1, 0.15) is 11.3 Å². The SMILES string of the molecule is CC(CCCCCc1ccc(Cl)cc1)(C(N)=O)C(=O)O.NC(=O)C(CC=Cc1ccc(Cl)cc1)C(=O)O.O=C(O)C(CCCCCc1ccc(Cl)cc1)S(=O)(=O)N1CCCCC1. The molecule has 3 atom stereocenters. The van der Waals surface area contributed by atoms with Crippen molar-refractivity contribution in [2.24, 2.45) is 22.8 Å². The zero-order valence-corrected chi connectivity index (χ0v) is 38.0. The molecule has 0 saturated carbocycles. The number of carbonyl (C=O) groups is 5. The molecule has 0 bridgehead atoms. The van der Waals surface area contributed by atoms with Crippen LogP contribution in [0, 0.1) is 11.3 Å². The van der Waals surface area contributed by atoms with Gasteiger partial charge in [-0.2, -0.15) is 0 Å². The number of piperidine rings is 1. The van der Waals surface area contributed by atoms with Crippen molar-refractivity contribution in [3.8, 4) is 0 Å². The van der Waals surface area contributed by atoms with E-state index in [0.717, 1.165) is 63.4 Å². The normalized spacial score (nSPS) is 14.8. The molecule has 0 aromatic heterocycles. The Kier molecular flexibility index (Phi) is 23.9. The molecule has 1 fully saturated rings. The highest BCUT2D eigenvalue weighted by Gasteiger charge is 2.39. The molecule has 340 valence electrons. The molecule has 2 amide bonds. The summed E-state index contributed by atoms with van der Waals surface area (Å²) in [5, 5.41) is 27.9. The molecule has 1 saturated heterocycles. The van der Waals surface area contributed by atoms with Gasteiger partial charge in [0.15, 0.2) is 5.25 Å². The average Bonchev–Trinajstić information content (AvgIpc) is 3.22. The molecule has 0 spiro atoms. The Morgan fingerprint density at radius 1 is 0.694 bits per heavy atom. The van der Waals surface area contributed by atoms with Crippen LogP contribution in [0.2, 0.25) is 15.1 Å². The number of aryl methyl sites for hydroxylation is 2. The van der Waals surface area contributed by atoms with Crippen molar-refractivity contribution in [1.29, 1.82) is 0 Å². The number of rotatable bonds is 22. The molecule has 1 aliphatic heterocycles. The quantitative estimate of drug-likeness (QED) is 0.0475. The minimum absolute atomic E-state index is 0.0767. The van der Waals surface area contributed by atoms with E-state index < -0.39 is 56.3 Å². The Hall–Kier alpha value is -4.47. The number of unbranched alkanes of at least 4 members (excludes halogenated alkanes) is 4. The number of amides is 2. The third-order valence-electron chi connectivity index (χ3n) is 10.4. The van der Waals surface area contributed by atoms with E-state index in [4.69, 9.17) is 56.5 Å². The van der Waals surface area contributed by atoms with Crippen LogP contribution in [0.15, 0.2) is 78.9 Å². The molecule has 3 aromatic carbocycles. The predicted molar refractivity (Wildman–Crippen MR) is 243 cm³/mol. The van der Waals surface area contributed by atoms with Crippen LogP contribution in [0.1, 0.15) is 101 Å². The molecule has 3 aromatic rings. The number of primary amides is 2. The third kappa shape index (κ3) is 19.3. The molecule has 13 nitrogen and oxygen atoms in total. The number of allylic oxidation sites excluding steroid dienone is 1. The molecule has 62 heavy (non-hydrogen) atoms. The second-order valence-corrected chi connectivity index (χ2v) is 18.7. The number of benzene rings is 3. The Labute approximate surface area is 379 Å². The van der Waals surface area contributed by atoms with Crippen molar-refractivity contribution < 1.29 is 47.7 Å². The van der Waals surface area contributed by atoms with Crippen molar-refractivity contribution in [3.63, 3.8) is 0 Å². The lowest BCUT2D eigenvalue weighted by molar-refractivity contribution is -0.154. The van der Waals surface area contributed by atoms with Gasteiger partial charge in [0.05, 0.1) is 0 Å². The molecule has 4 rings (SSSR count). The molecule has 1 heterocycles. The van der Waals surface area contributed by atoms with Crippen LogP contribution in [-0.2, 0) is 46.8 Å². The van der Waals surface area contributed by atoms with E-state index in [1.54, 1.807) is 36.4 Å². The number of nitrogens with two attached hydrogens (primary N) is 2. The van der Waals surface area contributed by atoms with E-state index >= 15 is 0 Å². The van der Waals surface area contributed by atoms with Crippen molar-refractivity contribution in [3.05, 3.63) is 111 Å². The van der Waals surface area contributed by atoms with E-state index in [1.165, 1.54) is 22.4 Å². The number of aliphatic carboxylic acids is 3. The lowest BCUT2D eigenvalue weighted by Gasteiger charge is -2.28. The predicted octanol–water partition coefficient (Wildman–Crippen LogP) is 8.66.